The molecule has 0 aliphatic carbocycles. The van der Waals surface area contributed by atoms with Crippen LogP contribution in [-0.4, -0.2) is 27.5 Å². The number of nitrogens with one attached hydrogen (secondary N) is 1. The van der Waals surface area contributed by atoms with Gasteiger partial charge < -0.3 is 9.64 Å². The average Bonchev–Trinajstić information content (AvgIpc) is 2.55. The Morgan fingerprint density at radius 1 is 1.24 bits per heavy atom. The van der Waals surface area contributed by atoms with Crippen LogP contribution in [0.15, 0.2) is 45.8 Å². The van der Waals surface area contributed by atoms with Crippen LogP contribution in [0.3, 0.4) is 0 Å². The highest BCUT2D eigenvalue weighted by Gasteiger charge is 2.34. The van der Waals surface area contributed by atoms with E-state index in [0.717, 1.165) is 12.1 Å². The van der Waals surface area contributed by atoms with Crippen molar-refractivity contribution in [3.8, 4) is 5.75 Å². The van der Waals surface area contributed by atoms with Gasteiger partial charge in [0.05, 0.1) is 5.69 Å². The monoisotopic (exact) mass is 428 g/mol. The topological polar surface area (TPSA) is 75.7 Å². The number of hydrogen-bond donors (Lipinski definition) is 1. The predicted octanol–water partition coefficient (Wildman–Crippen LogP) is 3.13. The number of ether oxygens (including phenoxy) is 1. The number of nitrogens with zero attached hydrogens (tertiary/aromatic N) is 1. The highest BCUT2D eigenvalue weighted by atomic mass is 79.9. The first-order valence-corrected chi connectivity index (χ1v) is 9.53. The molecule has 0 saturated heterocycles. The van der Waals surface area contributed by atoms with Gasteiger partial charge in [0, 0.05) is 17.2 Å². The zero-order valence-electron chi connectivity index (χ0n) is 13.3. The molecule has 1 aliphatic heterocycles. The summed E-state index contributed by atoms with van der Waals surface area (Å²) < 4.78 is 47.0. The summed E-state index contributed by atoms with van der Waals surface area (Å²) in [5, 5.41) is 0. The number of rotatable bonds is 3. The van der Waals surface area contributed by atoms with Crippen molar-refractivity contribution in [1.82, 2.24) is 0 Å². The first-order valence-electron chi connectivity index (χ1n) is 7.25. The Bertz CT molecular complexity index is 947. The van der Waals surface area contributed by atoms with Crippen molar-refractivity contribution in [3.05, 3.63) is 46.7 Å². The molecular weight excluding hydrogens is 415 g/mol. The summed E-state index contributed by atoms with van der Waals surface area (Å²) >= 11 is 3.26. The fraction of sp³-hybridized carbons (Fsp3) is 0.188. The molecule has 0 aromatic heterocycles. The summed E-state index contributed by atoms with van der Waals surface area (Å²) in [5.74, 6) is -0.659. The van der Waals surface area contributed by atoms with Gasteiger partial charge in [0.15, 0.2) is 11.9 Å². The zero-order chi connectivity index (χ0) is 18.4. The van der Waals surface area contributed by atoms with Crippen LogP contribution >= 0.6 is 15.9 Å². The second-order valence-electron chi connectivity index (χ2n) is 5.52. The minimum atomic E-state index is -4.02. The van der Waals surface area contributed by atoms with Crippen LogP contribution < -0.4 is 14.4 Å². The van der Waals surface area contributed by atoms with Gasteiger partial charge in [-0.3, -0.25) is 9.52 Å². The molecule has 1 aliphatic rings. The number of halogens is 2. The third-order valence-corrected chi connectivity index (χ3v) is 5.56. The second-order valence-corrected chi connectivity index (χ2v) is 8.09. The van der Waals surface area contributed by atoms with E-state index in [4.69, 9.17) is 4.74 Å². The van der Waals surface area contributed by atoms with Crippen molar-refractivity contribution in [2.45, 2.75) is 17.9 Å². The fourth-order valence-corrected chi connectivity index (χ4v) is 4.30. The average molecular weight is 429 g/mol. The van der Waals surface area contributed by atoms with Gasteiger partial charge in [-0.2, -0.15) is 0 Å². The summed E-state index contributed by atoms with van der Waals surface area (Å²) in [5.41, 5.74) is 0.556. The van der Waals surface area contributed by atoms with Crippen LogP contribution in [0.2, 0.25) is 0 Å². The summed E-state index contributed by atoms with van der Waals surface area (Å²) in [7, 11) is -2.47. The van der Waals surface area contributed by atoms with E-state index in [0.29, 0.717) is 10.2 Å². The number of carbonyl (C=O) groups excluding carboxylic acids is 1. The van der Waals surface area contributed by atoms with Gasteiger partial charge >= 0.3 is 0 Å². The Morgan fingerprint density at radius 3 is 2.52 bits per heavy atom. The lowest BCUT2D eigenvalue weighted by molar-refractivity contribution is -0.125. The van der Waals surface area contributed by atoms with E-state index in [1.807, 2.05) is 0 Å². The van der Waals surface area contributed by atoms with Crippen molar-refractivity contribution >= 4 is 43.2 Å². The summed E-state index contributed by atoms with van der Waals surface area (Å²) in [4.78, 5) is 13.3. The molecular formula is C16H14BrFN2O4S. The Balaban J connectivity index is 2.09. The molecule has 0 radical (unpaired) electrons. The number of benzene rings is 2. The van der Waals surface area contributed by atoms with Crippen molar-refractivity contribution < 1.29 is 22.3 Å². The molecule has 6 nitrogen and oxygen atoms in total. The highest BCUT2D eigenvalue weighted by molar-refractivity contribution is 9.10. The van der Waals surface area contributed by atoms with E-state index < -0.39 is 21.9 Å². The van der Waals surface area contributed by atoms with Crippen LogP contribution in [0.5, 0.6) is 5.75 Å². The maximum atomic E-state index is 13.0. The van der Waals surface area contributed by atoms with Crippen LogP contribution in [-0.2, 0) is 14.8 Å². The molecule has 1 N–H and O–H groups in total. The van der Waals surface area contributed by atoms with Crippen molar-refractivity contribution in [2.75, 3.05) is 16.7 Å². The lowest BCUT2D eigenvalue weighted by atomic mass is 10.2. The molecule has 2 aromatic rings. The third-order valence-electron chi connectivity index (χ3n) is 3.72. The molecule has 0 spiro atoms. The van der Waals surface area contributed by atoms with E-state index in [1.165, 1.54) is 23.1 Å². The normalized spacial score (nSPS) is 17.0. The molecule has 2 aromatic carbocycles. The minimum absolute atomic E-state index is 0.0902. The molecule has 9 heteroatoms. The van der Waals surface area contributed by atoms with Crippen LogP contribution in [0.1, 0.15) is 6.92 Å². The van der Waals surface area contributed by atoms with Crippen LogP contribution in [0.25, 0.3) is 0 Å². The number of sulfonamides is 1. The fourth-order valence-electron chi connectivity index (χ4n) is 2.47. The predicted molar refractivity (Wildman–Crippen MR) is 94.9 cm³/mol. The molecule has 1 amide bonds. The first kappa shape index (κ1) is 17.7. The molecule has 0 bridgehead atoms. The molecule has 1 unspecified atom stereocenters. The number of hydrogen-bond acceptors (Lipinski definition) is 4. The van der Waals surface area contributed by atoms with E-state index in [-0.39, 0.29) is 22.2 Å². The molecule has 0 fully saturated rings. The summed E-state index contributed by atoms with van der Waals surface area (Å²) in [6, 6.07) is 7.93. The van der Waals surface area contributed by atoms with Gasteiger partial charge in [0.2, 0.25) is 0 Å². The SMILES string of the molecule is CC1Oc2c(cc(Br)cc2S(=O)(=O)Nc2ccc(F)cc2)N(C)C1=O. The summed E-state index contributed by atoms with van der Waals surface area (Å²) in [6.45, 7) is 1.55. The van der Waals surface area contributed by atoms with Crippen molar-refractivity contribution in [2.24, 2.45) is 0 Å². The molecule has 1 heterocycles. The number of carbonyl (C=O) groups is 1. The van der Waals surface area contributed by atoms with Crippen molar-refractivity contribution in [1.29, 1.82) is 0 Å². The molecule has 25 heavy (non-hydrogen) atoms. The second kappa shape index (κ2) is 6.30. The van der Waals surface area contributed by atoms with Crippen LogP contribution in [0.4, 0.5) is 15.8 Å². The molecule has 132 valence electrons. The van der Waals surface area contributed by atoms with Gasteiger partial charge in [-0.05, 0) is 43.3 Å². The quantitative estimate of drug-likeness (QED) is 0.814. The van der Waals surface area contributed by atoms with Crippen molar-refractivity contribution in [3.63, 3.8) is 0 Å². The smallest absolute Gasteiger partial charge is 0.267 e. The van der Waals surface area contributed by atoms with E-state index in [2.05, 4.69) is 20.7 Å². The van der Waals surface area contributed by atoms with Gasteiger partial charge in [-0.25, -0.2) is 12.8 Å². The number of amides is 1. The van der Waals surface area contributed by atoms with E-state index >= 15 is 0 Å². The van der Waals surface area contributed by atoms with Gasteiger partial charge in [-0.1, -0.05) is 15.9 Å². The molecule has 0 saturated carbocycles. The lowest BCUT2D eigenvalue weighted by Gasteiger charge is -2.31. The molecule has 1 atom stereocenters. The number of anilines is 2. The maximum absolute atomic E-state index is 13.0. The third kappa shape index (κ3) is 3.34. The standard InChI is InChI=1S/C16H14BrFN2O4S/c1-9-16(21)20(2)13-7-10(17)8-14(15(13)24-9)25(22,23)19-12-5-3-11(18)4-6-12/h3-9,19H,1-2H3. The highest BCUT2D eigenvalue weighted by Crippen LogP contribution is 2.41. The number of likely N-dealkylation sites (N-methyl/N-ethyl adjacent to an activating group) is 1. The van der Waals surface area contributed by atoms with E-state index in [9.17, 15) is 17.6 Å². The Hall–Kier alpha value is -2.13. The van der Waals surface area contributed by atoms with Crippen LogP contribution in [0, 0.1) is 5.82 Å². The number of fused-ring (bicyclic) bond motifs is 1. The summed E-state index contributed by atoms with van der Waals surface area (Å²) in [6.07, 6.45) is -0.807. The van der Waals surface area contributed by atoms with Gasteiger partial charge in [-0.15, -0.1) is 0 Å². The molecule has 3 rings (SSSR count). The Kier molecular flexibility index (Phi) is 4.46. The maximum Gasteiger partial charge on any atom is 0.267 e. The zero-order valence-corrected chi connectivity index (χ0v) is 15.7. The van der Waals surface area contributed by atoms with Gasteiger partial charge in [0.1, 0.15) is 10.7 Å². The lowest BCUT2D eigenvalue weighted by Crippen LogP contribution is -2.42. The van der Waals surface area contributed by atoms with Gasteiger partial charge in [0.25, 0.3) is 15.9 Å². The Labute approximate surface area is 152 Å². The minimum Gasteiger partial charge on any atom is -0.477 e. The Morgan fingerprint density at radius 2 is 1.88 bits per heavy atom. The first-order chi connectivity index (χ1) is 11.7. The largest absolute Gasteiger partial charge is 0.477 e. The van der Waals surface area contributed by atoms with E-state index in [1.54, 1.807) is 20.0 Å².